The Labute approximate surface area is 92.7 Å². The van der Waals surface area contributed by atoms with Gasteiger partial charge in [-0.2, -0.15) is 13.2 Å². The van der Waals surface area contributed by atoms with Crippen LogP contribution in [0.25, 0.3) is 0 Å². The molecule has 0 fully saturated rings. The summed E-state index contributed by atoms with van der Waals surface area (Å²) in [5.74, 6) is 0. The normalized spacial score (nSPS) is 10.4. The van der Waals surface area contributed by atoms with E-state index in [2.05, 4.69) is 14.7 Å². The van der Waals surface area contributed by atoms with Gasteiger partial charge >= 0.3 is 12.2 Å². The lowest BCUT2D eigenvalue weighted by Gasteiger charge is -2.08. The first-order valence-corrected chi connectivity index (χ1v) is 4.88. The Balaban J connectivity index is 0.00000106. The van der Waals surface area contributed by atoms with E-state index in [0.717, 1.165) is 5.56 Å². The van der Waals surface area contributed by atoms with Crippen molar-refractivity contribution in [1.82, 2.24) is 9.97 Å². The minimum absolute atomic E-state index is 0.245. The topological polar surface area (TPSA) is 35.0 Å². The van der Waals surface area contributed by atoms with Crippen molar-refractivity contribution in [2.24, 2.45) is 0 Å². The van der Waals surface area contributed by atoms with Gasteiger partial charge in [0, 0.05) is 11.9 Å². The number of alkyl halides is 3. The molecule has 1 aromatic rings. The van der Waals surface area contributed by atoms with Crippen LogP contribution in [0.1, 0.15) is 25.1 Å². The second-order valence-corrected chi connectivity index (χ2v) is 2.82. The molecule has 1 rings (SSSR count). The molecule has 16 heavy (non-hydrogen) atoms. The van der Waals surface area contributed by atoms with Crippen molar-refractivity contribution in [2.75, 3.05) is 6.61 Å². The number of hydrogen-bond donors (Lipinski definition) is 0. The monoisotopic (exact) mass is 236 g/mol. The van der Waals surface area contributed by atoms with Gasteiger partial charge in [0.2, 0.25) is 0 Å². The third-order valence-electron chi connectivity index (χ3n) is 1.57. The van der Waals surface area contributed by atoms with Gasteiger partial charge in [-0.25, -0.2) is 9.97 Å². The highest BCUT2D eigenvalue weighted by molar-refractivity contribution is 5.15. The fourth-order valence-corrected chi connectivity index (χ4v) is 0.722. The van der Waals surface area contributed by atoms with Crippen LogP contribution in [0.5, 0.6) is 6.01 Å². The number of ether oxygens (including phenoxy) is 1. The maximum Gasteiger partial charge on any atom is 0.422 e. The molecule has 0 radical (unpaired) electrons. The molecule has 0 atom stereocenters. The third kappa shape index (κ3) is 5.53. The molecule has 0 aliphatic rings. The summed E-state index contributed by atoms with van der Waals surface area (Å²) in [5, 5.41) is 0. The van der Waals surface area contributed by atoms with E-state index in [1.165, 1.54) is 6.20 Å². The van der Waals surface area contributed by atoms with E-state index >= 15 is 0 Å². The van der Waals surface area contributed by atoms with Gasteiger partial charge in [0.25, 0.3) is 0 Å². The minimum atomic E-state index is -4.36. The highest BCUT2D eigenvalue weighted by Crippen LogP contribution is 2.16. The second-order valence-electron chi connectivity index (χ2n) is 2.82. The molecule has 6 heteroatoms. The molecule has 1 aromatic heterocycles. The second kappa shape index (κ2) is 6.30. The van der Waals surface area contributed by atoms with E-state index in [-0.39, 0.29) is 6.01 Å². The molecule has 0 bridgehead atoms. The first kappa shape index (κ1) is 14.7. The molecule has 0 unspecified atom stereocenters. The average molecular weight is 236 g/mol. The summed E-state index contributed by atoms with van der Waals surface area (Å²) in [6, 6.07) is -0.245. The first-order chi connectivity index (χ1) is 7.38. The van der Waals surface area contributed by atoms with Gasteiger partial charge in [-0.15, -0.1) is 0 Å². The van der Waals surface area contributed by atoms with Gasteiger partial charge in [0.1, 0.15) is 0 Å². The highest BCUT2D eigenvalue weighted by atomic mass is 19.4. The van der Waals surface area contributed by atoms with Gasteiger partial charge in [-0.3, -0.25) is 0 Å². The van der Waals surface area contributed by atoms with Crippen LogP contribution in [-0.2, 0) is 0 Å². The van der Waals surface area contributed by atoms with Gasteiger partial charge < -0.3 is 4.74 Å². The van der Waals surface area contributed by atoms with Crippen LogP contribution in [0.3, 0.4) is 0 Å². The van der Waals surface area contributed by atoms with E-state index < -0.39 is 12.8 Å². The Bertz CT molecular complexity index is 326. The molecule has 0 aromatic carbocycles. The molecule has 0 amide bonds. The van der Waals surface area contributed by atoms with Gasteiger partial charge in [-0.05, 0) is 19.4 Å². The third-order valence-corrected chi connectivity index (χ3v) is 1.57. The van der Waals surface area contributed by atoms with Crippen molar-refractivity contribution in [2.45, 2.75) is 33.9 Å². The summed E-state index contributed by atoms with van der Waals surface area (Å²) >= 11 is 0. The quantitative estimate of drug-likeness (QED) is 0.791. The van der Waals surface area contributed by atoms with Crippen LogP contribution >= 0.6 is 0 Å². The van der Waals surface area contributed by atoms with Gasteiger partial charge in [0.05, 0.1) is 0 Å². The molecule has 0 saturated carbocycles. The zero-order valence-electron chi connectivity index (χ0n) is 9.72. The predicted molar refractivity (Wildman–Crippen MR) is 54.4 cm³/mol. The van der Waals surface area contributed by atoms with E-state index in [1.54, 1.807) is 13.8 Å². The van der Waals surface area contributed by atoms with Crippen molar-refractivity contribution in [3.05, 3.63) is 17.5 Å². The Morgan fingerprint density at radius 3 is 2.25 bits per heavy atom. The van der Waals surface area contributed by atoms with Crippen LogP contribution in [0.15, 0.2) is 6.20 Å². The van der Waals surface area contributed by atoms with Gasteiger partial charge in [0.15, 0.2) is 6.61 Å². The fraction of sp³-hybridized carbons (Fsp3) is 0.600. The van der Waals surface area contributed by atoms with Crippen LogP contribution in [-0.4, -0.2) is 22.8 Å². The minimum Gasteiger partial charge on any atom is -0.454 e. The molecule has 0 saturated heterocycles. The Morgan fingerprint density at radius 2 is 1.81 bits per heavy atom. The zero-order valence-corrected chi connectivity index (χ0v) is 9.72. The van der Waals surface area contributed by atoms with Gasteiger partial charge in [-0.1, -0.05) is 13.8 Å². The first-order valence-electron chi connectivity index (χ1n) is 4.88. The van der Waals surface area contributed by atoms with E-state index in [9.17, 15) is 13.2 Å². The van der Waals surface area contributed by atoms with E-state index in [4.69, 9.17) is 0 Å². The number of halogens is 3. The largest absolute Gasteiger partial charge is 0.454 e. The number of aryl methyl sites for hydroxylation is 2. The molecule has 0 N–H and O–H groups in total. The zero-order chi connectivity index (χ0) is 12.8. The van der Waals surface area contributed by atoms with Crippen LogP contribution in [0.2, 0.25) is 0 Å². The summed E-state index contributed by atoms with van der Waals surface area (Å²) in [6.07, 6.45) is -2.93. The lowest BCUT2D eigenvalue weighted by molar-refractivity contribution is -0.154. The van der Waals surface area contributed by atoms with Crippen LogP contribution in [0.4, 0.5) is 13.2 Å². The van der Waals surface area contributed by atoms with Crippen molar-refractivity contribution in [3.8, 4) is 6.01 Å². The maximum absolute atomic E-state index is 11.7. The van der Waals surface area contributed by atoms with Crippen molar-refractivity contribution >= 4 is 0 Å². The Kier molecular flexibility index (Phi) is 5.77. The summed E-state index contributed by atoms with van der Waals surface area (Å²) in [7, 11) is 0. The summed E-state index contributed by atoms with van der Waals surface area (Å²) < 4.78 is 39.6. The SMILES string of the molecule is CC.Cc1cnc(OCC(F)(F)F)nc1C. The number of aromatic nitrogens is 2. The fourth-order valence-electron chi connectivity index (χ4n) is 0.722. The molecular weight excluding hydrogens is 221 g/mol. The van der Waals surface area contributed by atoms with Crippen molar-refractivity contribution < 1.29 is 17.9 Å². The van der Waals surface area contributed by atoms with E-state index in [1.807, 2.05) is 13.8 Å². The lowest BCUT2D eigenvalue weighted by Crippen LogP contribution is -2.20. The van der Waals surface area contributed by atoms with Crippen LogP contribution in [0, 0.1) is 13.8 Å². The molecule has 0 aliphatic heterocycles. The summed E-state index contributed by atoms with van der Waals surface area (Å²) in [6.45, 7) is 6.08. The predicted octanol–water partition coefficient (Wildman–Crippen LogP) is 3.06. The highest BCUT2D eigenvalue weighted by Gasteiger charge is 2.28. The maximum atomic E-state index is 11.7. The smallest absolute Gasteiger partial charge is 0.422 e. The molecular formula is C10H15F3N2O. The Hall–Kier alpha value is -1.33. The standard InChI is InChI=1S/C8H9F3N2O.C2H6/c1-5-3-12-7(13-6(5)2)14-4-8(9,10)11;1-2/h3H,4H2,1-2H3;1-2H3. The molecule has 3 nitrogen and oxygen atoms in total. The Morgan fingerprint density at radius 1 is 1.25 bits per heavy atom. The summed E-state index contributed by atoms with van der Waals surface area (Å²) in [4.78, 5) is 7.35. The van der Waals surface area contributed by atoms with Crippen molar-refractivity contribution in [1.29, 1.82) is 0 Å². The summed E-state index contributed by atoms with van der Waals surface area (Å²) in [5.41, 5.74) is 1.42. The average Bonchev–Trinajstić information content (AvgIpc) is 2.22. The lowest BCUT2D eigenvalue weighted by atomic mass is 10.3. The molecule has 1 heterocycles. The number of nitrogens with zero attached hydrogens (tertiary/aromatic N) is 2. The molecule has 0 spiro atoms. The number of rotatable bonds is 2. The van der Waals surface area contributed by atoms with E-state index in [0.29, 0.717) is 5.69 Å². The van der Waals surface area contributed by atoms with Crippen molar-refractivity contribution in [3.63, 3.8) is 0 Å². The van der Waals surface area contributed by atoms with Crippen LogP contribution < -0.4 is 4.74 Å². The molecule has 92 valence electrons. The number of hydrogen-bond acceptors (Lipinski definition) is 3. The molecule has 0 aliphatic carbocycles.